The van der Waals surface area contributed by atoms with Gasteiger partial charge in [0.2, 0.25) is 6.79 Å². The van der Waals surface area contributed by atoms with Gasteiger partial charge >= 0.3 is 0 Å². The van der Waals surface area contributed by atoms with E-state index in [1.54, 1.807) is 4.90 Å². The molecule has 0 aliphatic carbocycles. The lowest BCUT2D eigenvalue weighted by Gasteiger charge is -2.38. The van der Waals surface area contributed by atoms with E-state index < -0.39 is 0 Å². The molecule has 0 fully saturated rings. The predicted molar refractivity (Wildman–Crippen MR) is 98.6 cm³/mol. The lowest BCUT2D eigenvalue weighted by atomic mass is 10.0. The van der Waals surface area contributed by atoms with Crippen LogP contribution in [0.15, 0.2) is 72.8 Å². The second kappa shape index (κ2) is 5.81. The molecule has 0 aromatic heterocycles. The third-order valence-electron chi connectivity index (χ3n) is 4.67. The van der Waals surface area contributed by atoms with Gasteiger partial charge in [-0.3, -0.25) is 9.69 Å². The van der Waals surface area contributed by atoms with Gasteiger partial charge in [-0.2, -0.15) is 0 Å². The Balaban J connectivity index is 1.65. The van der Waals surface area contributed by atoms with E-state index in [2.05, 4.69) is 5.32 Å². The number of amides is 1. The van der Waals surface area contributed by atoms with Crippen molar-refractivity contribution in [3.63, 3.8) is 0 Å². The van der Waals surface area contributed by atoms with Crippen LogP contribution in [0.3, 0.4) is 0 Å². The summed E-state index contributed by atoms with van der Waals surface area (Å²) in [6, 6.07) is 23.0. The first-order valence-corrected chi connectivity index (χ1v) is 8.45. The van der Waals surface area contributed by atoms with Crippen molar-refractivity contribution in [2.24, 2.45) is 0 Å². The molecule has 0 bridgehead atoms. The van der Waals surface area contributed by atoms with E-state index >= 15 is 0 Å². The molecular formula is C21H16N2O3. The molecule has 26 heavy (non-hydrogen) atoms. The molecule has 0 unspecified atom stereocenters. The fraction of sp³-hybridized carbons (Fsp3) is 0.0952. The summed E-state index contributed by atoms with van der Waals surface area (Å²) in [6.07, 6.45) is -0.339. The Kier molecular flexibility index (Phi) is 3.31. The normalized spacial score (nSPS) is 17.6. The Morgan fingerprint density at radius 2 is 1.65 bits per heavy atom. The van der Waals surface area contributed by atoms with E-state index in [1.165, 1.54) is 0 Å². The first-order valence-electron chi connectivity index (χ1n) is 8.45. The average molecular weight is 344 g/mol. The van der Waals surface area contributed by atoms with Crippen molar-refractivity contribution in [3.05, 3.63) is 83.9 Å². The van der Waals surface area contributed by atoms with Crippen LogP contribution in [0.5, 0.6) is 11.5 Å². The molecule has 0 saturated carbocycles. The van der Waals surface area contributed by atoms with Crippen molar-refractivity contribution in [1.29, 1.82) is 0 Å². The summed E-state index contributed by atoms with van der Waals surface area (Å²) >= 11 is 0. The van der Waals surface area contributed by atoms with E-state index in [4.69, 9.17) is 9.47 Å². The SMILES string of the molecule is O=C1c2ccccc2N[C@@H](c2ccc3c(c2)OCO3)N1c1ccccc1. The van der Waals surface area contributed by atoms with Crippen molar-refractivity contribution in [2.75, 3.05) is 17.0 Å². The largest absolute Gasteiger partial charge is 0.454 e. The molecule has 5 heteroatoms. The fourth-order valence-electron chi connectivity index (χ4n) is 3.42. The number of carbonyl (C=O) groups excluding carboxylic acids is 1. The lowest BCUT2D eigenvalue weighted by Crippen LogP contribution is -2.43. The van der Waals surface area contributed by atoms with Crippen molar-refractivity contribution in [2.45, 2.75) is 6.17 Å². The highest BCUT2D eigenvalue weighted by Gasteiger charge is 2.34. The molecule has 1 atom stereocenters. The number of hydrogen-bond donors (Lipinski definition) is 1. The van der Waals surface area contributed by atoms with Crippen LogP contribution in [-0.4, -0.2) is 12.7 Å². The molecule has 2 heterocycles. The number of fused-ring (bicyclic) bond motifs is 2. The van der Waals surface area contributed by atoms with E-state index in [9.17, 15) is 4.79 Å². The molecule has 3 aromatic rings. The number of para-hydroxylation sites is 2. The number of anilines is 2. The molecule has 0 spiro atoms. The molecule has 0 radical (unpaired) electrons. The Labute approximate surface area is 150 Å². The number of ether oxygens (including phenoxy) is 2. The van der Waals surface area contributed by atoms with E-state index in [0.29, 0.717) is 11.3 Å². The van der Waals surface area contributed by atoms with Crippen LogP contribution >= 0.6 is 0 Å². The topological polar surface area (TPSA) is 50.8 Å². The zero-order valence-corrected chi connectivity index (χ0v) is 13.9. The number of benzene rings is 3. The minimum Gasteiger partial charge on any atom is -0.454 e. The summed E-state index contributed by atoms with van der Waals surface area (Å²) in [7, 11) is 0. The molecule has 2 aliphatic heterocycles. The highest BCUT2D eigenvalue weighted by Crippen LogP contribution is 2.40. The quantitative estimate of drug-likeness (QED) is 0.757. The summed E-state index contributed by atoms with van der Waals surface area (Å²) in [5, 5.41) is 3.49. The van der Waals surface area contributed by atoms with Crippen LogP contribution in [0.1, 0.15) is 22.1 Å². The minimum atomic E-state index is -0.339. The molecule has 128 valence electrons. The molecular weight excluding hydrogens is 328 g/mol. The van der Waals surface area contributed by atoms with E-state index in [-0.39, 0.29) is 18.9 Å². The highest BCUT2D eigenvalue weighted by molar-refractivity contribution is 6.12. The summed E-state index contributed by atoms with van der Waals surface area (Å²) in [5.41, 5.74) is 3.25. The van der Waals surface area contributed by atoms with Gasteiger partial charge in [0, 0.05) is 11.4 Å². The molecule has 0 saturated heterocycles. The number of nitrogens with zero attached hydrogens (tertiary/aromatic N) is 1. The molecule has 3 aromatic carbocycles. The first kappa shape index (κ1) is 14.8. The van der Waals surface area contributed by atoms with Crippen LogP contribution in [0.25, 0.3) is 0 Å². The van der Waals surface area contributed by atoms with Gasteiger partial charge in [-0.15, -0.1) is 0 Å². The Hall–Kier alpha value is -3.47. The van der Waals surface area contributed by atoms with Crippen molar-refractivity contribution in [3.8, 4) is 11.5 Å². The average Bonchev–Trinajstić information content (AvgIpc) is 3.16. The standard InChI is InChI=1S/C21H16N2O3/c24-21-16-8-4-5-9-17(16)22-20(23(21)15-6-2-1-3-7-15)14-10-11-18-19(12-14)26-13-25-18/h1-12,20,22H,13H2/t20-/m1/s1. The van der Waals surface area contributed by atoms with Crippen LogP contribution < -0.4 is 19.7 Å². The third-order valence-corrected chi connectivity index (χ3v) is 4.67. The fourth-order valence-corrected chi connectivity index (χ4v) is 3.42. The van der Waals surface area contributed by atoms with Gasteiger partial charge in [0.05, 0.1) is 5.56 Å². The van der Waals surface area contributed by atoms with Gasteiger partial charge in [-0.25, -0.2) is 0 Å². The number of nitrogens with one attached hydrogen (secondary N) is 1. The molecule has 2 aliphatic rings. The van der Waals surface area contributed by atoms with Crippen LogP contribution in [-0.2, 0) is 0 Å². The van der Waals surface area contributed by atoms with Gasteiger partial charge in [0.15, 0.2) is 11.5 Å². The smallest absolute Gasteiger partial charge is 0.262 e. The van der Waals surface area contributed by atoms with Gasteiger partial charge < -0.3 is 14.8 Å². The minimum absolute atomic E-state index is 0.0341. The van der Waals surface area contributed by atoms with Crippen LogP contribution in [0.2, 0.25) is 0 Å². The zero-order chi connectivity index (χ0) is 17.5. The highest BCUT2D eigenvalue weighted by atomic mass is 16.7. The molecule has 1 amide bonds. The maximum absolute atomic E-state index is 13.3. The summed E-state index contributed by atoms with van der Waals surface area (Å²) < 4.78 is 10.9. The van der Waals surface area contributed by atoms with Gasteiger partial charge in [0.25, 0.3) is 5.91 Å². The Morgan fingerprint density at radius 1 is 0.885 bits per heavy atom. The monoisotopic (exact) mass is 344 g/mol. The predicted octanol–water partition coefficient (Wildman–Crippen LogP) is 4.19. The summed E-state index contributed by atoms with van der Waals surface area (Å²) in [5.74, 6) is 1.39. The van der Waals surface area contributed by atoms with Gasteiger partial charge in [-0.1, -0.05) is 36.4 Å². The maximum Gasteiger partial charge on any atom is 0.262 e. The van der Waals surface area contributed by atoms with Crippen molar-refractivity contribution >= 4 is 17.3 Å². The third kappa shape index (κ3) is 2.29. The number of carbonyl (C=O) groups is 1. The van der Waals surface area contributed by atoms with Crippen molar-refractivity contribution < 1.29 is 14.3 Å². The van der Waals surface area contributed by atoms with Crippen molar-refractivity contribution in [1.82, 2.24) is 0 Å². The molecule has 1 N–H and O–H groups in total. The molecule has 5 rings (SSSR count). The zero-order valence-electron chi connectivity index (χ0n) is 13.9. The Bertz CT molecular complexity index is 988. The Morgan fingerprint density at radius 3 is 2.54 bits per heavy atom. The maximum atomic E-state index is 13.3. The van der Waals surface area contributed by atoms with Crippen LogP contribution in [0.4, 0.5) is 11.4 Å². The second-order valence-electron chi connectivity index (χ2n) is 6.22. The van der Waals surface area contributed by atoms with Gasteiger partial charge in [-0.05, 0) is 42.0 Å². The van der Waals surface area contributed by atoms with Crippen LogP contribution in [0, 0.1) is 0 Å². The molecule has 5 nitrogen and oxygen atoms in total. The number of hydrogen-bond acceptors (Lipinski definition) is 4. The lowest BCUT2D eigenvalue weighted by molar-refractivity contribution is 0.0975. The second-order valence-corrected chi connectivity index (χ2v) is 6.22. The summed E-state index contributed by atoms with van der Waals surface area (Å²) in [6.45, 7) is 0.223. The van der Waals surface area contributed by atoms with E-state index in [0.717, 1.165) is 22.7 Å². The number of rotatable bonds is 2. The summed E-state index contributed by atoms with van der Waals surface area (Å²) in [4.78, 5) is 15.0. The van der Waals surface area contributed by atoms with E-state index in [1.807, 2.05) is 72.8 Å². The first-order chi connectivity index (χ1) is 12.8. The van der Waals surface area contributed by atoms with Gasteiger partial charge in [0.1, 0.15) is 6.17 Å².